The van der Waals surface area contributed by atoms with Crippen molar-refractivity contribution in [3.05, 3.63) is 27.4 Å². The minimum absolute atomic E-state index is 0.0785. The number of aliphatic hydroxyl groups is 1. The number of nitrogens with one attached hydrogen (secondary N) is 1. The Bertz CT molecular complexity index is 568. The standard InChI is InChI=1S/C15H23N3O3/c1-10-13(15(21)17-11(2)16-10)3-4-14(20)18-7-5-12(9-18)6-8-19/h12,19H,3-9H2,1-2H3,(H,16,17,21). The number of aromatic amines is 1. The third kappa shape index (κ3) is 3.91. The molecule has 1 aliphatic heterocycles. The first-order chi connectivity index (χ1) is 10.0. The lowest BCUT2D eigenvalue weighted by Gasteiger charge is -2.16. The summed E-state index contributed by atoms with van der Waals surface area (Å²) in [5.74, 6) is 1.08. The molecule has 0 aliphatic carbocycles. The largest absolute Gasteiger partial charge is 0.396 e. The Labute approximate surface area is 124 Å². The van der Waals surface area contributed by atoms with Gasteiger partial charge in [-0.15, -0.1) is 0 Å². The van der Waals surface area contributed by atoms with E-state index < -0.39 is 0 Å². The molecule has 116 valence electrons. The van der Waals surface area contributed by atoms with E-state index in [0.717, 1.165) is 25.9 Å². The molecule has 0 saturated carbocycles. The Hall–Kier alpha value is -1.69. The van der Waals surface area contributed by atoms with Crippen LogP contribution in [0.4, 0.5) is 0 Å². The van der Waals surface area contributed by atoms with Gasteiger partial charge < -0.3 is 15.0 Å². The summed E-state index contributed by atoms with van der Waals surface area (Å²) >= 11 is 0. The van der Waals surface area contributed by atoms with Crippen LogP contribution < -0.4 is 5.56 Å². The van der Waals surface area contributed by atoms with Crippen LogP contribution in [0.1, 0.15) is 36.3 Å². The monoisotopic (exact) mass is 293 g/mol. The number of aliphatic hydroxyl groups excluding tert-OH is 1. The van der Waals surface area contributed by atoms with Crippen molar-refractivity contribution in [3.63, 3.8) is 0 Å². The van der Waals surface area contributed by atoms with E-state index in [-0.39, 0.29) is 18.1 Å². The van der Waals surface area contributed by atoms with Gasteiger partial charge in [0.05, 0.1) is 0 Å². The fourth-order valence-corrected chi connectivity index (χ4v) is 2.91. The molecule has 0 aromatic carbocycles. The lowest BCUT2D eigenvalue weighted by Crippen LogP contribution is -2.30. The van der Waals surface area contributed by atoms with Crippen LogP contribution >= 0.6 is 0 Å². The predicted molar refractivity (Wildman–Crippen MR) is 79.0 cm³/mol. The molecular formula is C15H23N3O3. The third-order valence-corrected chi connectivity index (χ3v) is 4.11. The average molecular weight is 293 g/mol. The summed E-state index contributed by atoms with van der Waals surface area (Å²) in [6, 6.07) is 0. The molecule has 1 unspecified atom stereocenters. The third-order valence-electron chi connectivity index (χ3n) is 4.11. The number of aryl methyl sites for hydroxylation is 2. The van der Waals surface area contributed by atoms with Crippen molar-refractivity contribution >= 4 is 5.91 Å². The molecule has 1 aromatic heterocycles. The van der Waals surface area contributed by atoms with Gasteiger partial charge in [-0.25, -0.2) is 4.98 Å². The molecule has 6 nitrogen and oxygen atoms in total. The molecule has 1 saturated heterocycles. The van der Waals surface area contributed by atoms with Crippen LogP contribution in [0.3, 0.4) is 0 Å². The SMILES string of the molecule is Cc1nc(C)c(CCC(=O)N2CCC(CCO)C2)c(=O)[nH]1. The second kappa shape index (κ2) is 6.85. The number of rotatable bonds is 5. The molecule has 1 amide bonds. The molecule has 2 heterocycles. The highest BCUT2D eigenvalue weighted by atomic mass is 16.3. The van der Waals surface area contributed by atoms with Crippen LogP contribution in [0.2, 0.25) is 0 Å². The van der Waals surface area contributed by atoms with Gasteiger partial charge in [0, 0.05) is 37.4 Å². The number of amides is 1. The fraction of sp³-hybridized carbons (Fsp3) is 0.667. The first kappa shape index (κ1) is 15.7. The number of nitrogens with zero attached hydrogens (tertiary/aromatic N) is 2. The van der Waals surface area contributed by atoms with E-state index in [9.17, 15) is 9.59 Å². The molecule has 0 bridgehead atoms. The van der Waals surface area contributed by atoms with E-state index in [1.165, 1.54) is 0 Å². The van der Waals surface area contributed by atoms with Gasteiger partial charge in [0.25, 0.3) is 5.56 Å². The minimum Gasteiger partial charge on any atom is -0.396 e. The van der Waals surface area contributed by atoms with Crippen LogP contribution in [-0.4, -0.2) is 45.6 Å². The minimum atomic E-state index is -0.146. The summed E-state index contributed by atoms with van der Waals surface area (Å²) in [5.41, 5.74) is 1.15. The number of hydrogen-bond donors (Lipinski definition) is 2. The van der Waals surface area contributed by atoms with Crippen molar-refractivity contribution in [2.75, 3.05) is 19.7 Å². The first-order valence-corrected chi connectivity index (χ1v) is 7.46. The van der Waals surface area contributed by atoms with Crippen LogP contribution in [0.5, 0.6) is 0 Å². The quantitative estimate of drug-likeness (QED) is 0.830. The fourth-order valence-electron chi connectivity index (χ4n) is 2.91. The Kier molecular flexibility index (Phi) is 5.12. The van der Waals surface area contributed by atoms with Crippen LogP contribution in [0.15, 0.2) is 4.79 Å². The molecule has 0 spiro atoms. The summed E-state index contributed by atoms with van der Waals surface area (Å²) in [5, 5.41) is 8.94. The van der Waals surface area contributed by atoms with Gasteiger partial charge in [-0.05, 0) is 39.0 Å². The van der Waals surface area contributed by atoms with Gasteiger partial charge in [0.1, 0.15) is 5.82 Å². The summed E-state index contributed by atoms with van der Waals surface area (Å²) < 4.78 is 0. The van der Waals surface area contributed by atoms with E-state index in [0.29, 0.717) is 35.8 Å². The highest BCUT2D eigenvalue weighted by Gasteiger charge is 2.25. The molecule has 6 heteroatoms. The Morgan fingerprint density at radius 2 is 2.24 bits per heavy atom. The van der Waals surface area contributed by atoms with Crippen molar-refractivity contribution < 1.29 is 9.90 Å². The number of carbonyl (C=O) groups is 1. The van der Waals surface area contributed by atoms with Crippen molar-refractivity contribution in [2.45, 2.75) is 39.5 Å². The summed E-state index contributed by atoms with van der Waals surface area (Å²) in [6.07, 6.45) is 2.47. The molecular weight excluding hydrogens is 270 g/mol. The van der Waals surface area contributed by atoms with Gasteiger partial charge in [0.15, 0.2) is 0 Å². The topological polar surface area (TPSA) is 86.3 Å². The van der Waals surface area contributed by atoms with Gasteiger partial charge in [-0.3, -0.25) is 9.59 Å². The Morgan fingerprint density at radius 1 is 1.48 bits per heavy atom. The van der Waals surface area contributed by atoms with Crippen molar-refractivity contribution in [1.29, 1.82) is 0 Å². The maximum Gasteiger partial charge on any atom is 0.254 e. The molecule has 1 atom stereocenters. The maximum absolute atomic E-state index is 12.2. The normalized spacial score (nSPS) is 18.2. The van der Waals surface area contributed by atoms with Gasteiger partial charge in [-0.2, -0.15) is 0 Å². The predicted octanol–water partition coefficient (Wildman–Crippen LogP) is 0.550. The Balaban J connectivity index is 1.92. The molecule has 1 aliphatic rings. The molecule has 2 rings (SSSR count). The second-order valence-corrected chi connectivity index (χ2v) is 5.72. The first-order valence-electron chi connectivity index (χ1n) is 7.46. The number of likely N-dealkylation sites (tertiary alicyclic amines) is 1. The van der Waals surface area contributed by atoms with E-state index in [1.807, 2.05) is 4.90 Å². The molecule has 1 aromatic rings. The zero-order valence-corrected chi connectivity index (χ0v) is 12.7. The van der Waals surface area contributed by atoms with E-state index in [1.54, 1.807) is 13.8 Å². The van der Waals surface area contributed by atoms with Crippen molar-refractivity contribution in [3.8, 4) is 0 Å². The number of aromatic nitrogens is 2. The molecule has 21 heavy (non-hydrogen) atoms. The zero-order chi connectivity index (χ0) is 15.4. The Morgan fingerprint density at radius 3 is 2.90 bits per heavy atom. The van der Waals surface area contributed by atoms with Crippen LogP contribution in [0, 0.1) is 19.8 Å². The smallest absolute Gasteiger partial charge is 0.254 e. The summed E-state index contributed by atoms with van der Waals surface area (Å²) in [6.45, 7) is 5.20. The second-order valence-electron chi connectivity index (χ2n) is 5.72. The van der Waals surface area contributed by atoms with Gasteiger partial charge in [0.2, 0.25) is 5.91 Å². The highest BCUT2D eigenvalue weighted by Crippen LogP contribution is 2.20. The summed E-state index contributed by atoms with van der Waals surface area (Å²) in [4.78, 5) is 32.8. The van der Waals surface area contributed by atoms with E-state index in [2.05, 4.69) is 9.97 Å². The molecule has 1 fully saturated rings. The van der Waals surface area contributed by atoms with E-state index >= 15 is 0 Å². The average Bonchev–Trinajstić information content (AvgIpc) is 2.86. The summed E-state index contributed by atoms with van der Waals surface area (Å²) in [7, 11) is 0. The number of H-pyrrole nitrogens is 1. The lowest BCUT2D eigenvalue weighted by molar-refractivity contribution is -0.130. The number of carbonyl (C=O) groups excluding carboxylic acids is 1. The van der Waals surface area contributed by atoms with Crippen LogP contribution in [0.25, 0.3) is 0 Å². The van der Waals surface area contributed by atoms with Crippen molar-refractivity contribution in [1.82, 2.24) is 14.9 Å². The van der Waals surface area contributed by atoms with Gasteiger partial charge >= 0.3 is 0 Å². The molecule has 2 N–H and O–H groups in total. The van der Waals surface area contributed by atoms with Gasteiger partial charge in [-0.1, -0.05) is 0 Å². The lowest BCUT2D eigenvalue weighted by atomic mass is 10.1. The zero-order valence-electron chi connectivity index (χ0n) is 12.7. The van der Waals surface area contributed by atoms with Crippen molar-refractivity contribution in [2.24, 2.45) is 5.92 Å². The number of hydrogen-bond acceptors (Lipinski definition) is 4. The molecule has 0 radical (unpaired) electrons. The highest BCUT2D eigenvalue weighted by molar-refractivity contribution is 5.76. The maximum atomic E-state index is 12.2. The van der Waals surface area contributed by atoms with E-state index in [4.69, 9.17) is 5.11 Å². The van der Waals surface area contributed by atoms with Crippen LogP contribution in [-0.2, 0) is 11.2 Å².